The van der Waals surface area contributed by atoms with Gasteiger partial charge in [-0.05, 0) is 12.0 Å². The Kier molecular flexibility index (Phi) is 5.40. The van der Waals surface area contributed by atoms with E-state index in [1.807, 2.05) is 37.3 Å². The first-order chi connectivity index (χ1) is 7.27. The quantitative estimate of drug-likeness (QED) is 0.819. The van der Waals surface area contributed by atoms with Crippen LogP contribution in [0.1, 0.15) is 31.4 Å². The summed E-state index contributed by atoms with van der Waals surface area (Å²) in [5.74, 6) is 0.116. The van der Waals surface area contributed by atoms with Crippen LogP contribution in [0.5, 0.6) is 0 Å². The van der Waals surface area contributed by atoms with Crippen molar-refractivity contribution < 1.29 is 4.79 Å². The van der Waals surface area contributed by atoms with Gasteiger partial charge in [0.2, 0.25) is 5.91 Å². The van der Waals surface area contributed by atoms with Crippen LogP contribution in [0.2, 0.25) is 0 Å². The fourth-order valence-corrected chi connectivity index (χ4v) is 1.93. The van der Waals surface area contributed by atoms with Gasteiger partial charge in [-0.1, -0.05) is 53.2 Å². The summed E-state index contributed by atoms with van der Waals surface area (Å²) in [6.07, 6.45) is 1.48. The number of nitrogens with one attached hydrogen (secondary N) is 1. The summed E-state index contributed by atoms with van der Waals surface area (Å²) < 4.78 is 0. The summed E-state index contributed by atoms with van der Waals surface area (Å²) in [5, 5.41) is 3.74. The highest BCUT2D eigenvalue weighted by molar-refractivity contribution is 9.09. The average Bonchev–Trinajstić information content (AvgIpc) is 2.27. The van der Waals surface area contributed by atoms with Crippen LogP contribution in [0.15, 0.2) is 30.3 Å². The molecule has 1 rings (SSSR count). The minimum absolute atomic E-state index is 0.0743. The van der Waals surface area contributed by atoms with Gasteiger partial charge >= 0.3 is 0 Å². The number of amides is 1. The minimum Gasteiger partial charge on any atom is -0.348 e. The van der Waals surface area contributed by atoms with Gasteiger partial charge in [-0.25, -0.2) is 0 Å². The summed E-state index contributed by atoms with van der Waals surface area (Å²) >= 11 is 3.42. The molecule has 15 heavy (non-hydrogen) atoms. The van der Waals surface area contributed by atoms with E-state index in [9.17, 15) is 4.79 Å². The lowest BCUT2D eigenvalue weighted by molar-refractivity contribution is -0.121. The molecule has 82 valence electrons. The molecule has 0 aliphatic carbocycles. The molecule has 0 spiro atoms. The van der Waals surface area contributed by atoms with Gasteiger partial charge in [-0.2, -0.15) is 0 Å². The van der Waals surface area contributed by atoms with E-state index in [2.05, 4.69) is 21.2 Å². The first kappa shape index (κ1) is 12.2. The summed E-state index contributed by atoms with van der Waals surface area (Å²) in [6.45, 7) is 2.01. The van der Waals surface area contributed by atoms with E-state index < -0.39 is 0 Å². The van der Waals surface area contributed by atoms with E-state index in [0.29, 0.717) is 6.42 Å². The first-order valence-electron chi connectivity index (χ1n) is 5.18. The Balaban J connectivity index is 2.61. The molecule has 3 heteroatoms. The standard InChI is InChI=1S/C12H16BrNO/c1-2-6-12(15)14-11(9-13)10-7-4-3-5-8-10/h3-5,7-8,11H,2,6,9H2,1H3,(H,14,15). The Labute approximate surface area is 99.2 Å². The number of benzene rings is 1. The third kappa shape index (κ3) is 4.04. The fourth-order valence-electron chi connectivity index (χ4n) is 1.39. The molecule has 0 fully saturated rings. The van der Waals surface area contributed by atoms with Gasteiger partial charge in [0.25, 0.3) is 0 Å². The summed E-state index contributed by atoms with van der Waals surface area (Å²) in [5.41, 5.74) is 1.14. The predicted molar refractivity (Wildman–Crippen MR) is 66.0 cm³/mol. The molecule has 0 saturated carbocycles. The summed E-state index contributed by atoms with van der Waals surface area (Å²) in [6, 6.07) is 10.1. The van der Waals surface area contributed by atoms with E-state index >= 15 is 0 Å². The lowest BCUT2D eigenvalue weighted by Gasteiger charge is -2.16. The SMILES string of the molecule is CCCC(=O)NC(CBr)c1ccccc1. The highest BCUT2D eigenvalue weighted by atomic mass is 79.9. The zero-order valence-corrected chi connectivity index (χ0v) is 10.5. The Bertz CT molecular complexity index is 300. The molecule has 0 aliphatic heterocycles. The number of carbonyl (C=O) groups is 1. The van der Waals surface area contributed by atoms with E-state index in [1.54, 1.807) is 0 Å². The normalized spacial score (nSPS) is 12.1. The van der Waals surface area contributed by atoms with Crippen LogP contribution in [0.3, 0.4) is 0 Å². The maximum absolute atomic E-state index is 11.5. The molecule has 0 aliphatic rings. The van der Waals surface area contributed by atoms with Crippen molar-refractivity contribution in [2.24, 2.45) is 0 Å². The van der Waals surface area contributed by atoms with Crippen LogP contribution in [-0.4, -0.2) is 11.2 Å². The van der Waals surface area contributed by atoms with Crippen molar-refractivity contribution in [2.45, 2.75) is 25.8 Å². The molecule has 0 aromatic heterocycles. The van der Waals surface area contributed by atoms with Crippen molar-refractivity contribution in [1.29, 1.82) is 0 Å². The van der Waals surface area contributed by atoms with E-state index in [0.717, 1.165) is 17.3 Å². The fraction of sp³-hybridized carbons (Fsp3) is 0.417. The average molecular weight is 270 g/mol. The molecular formula is C12H16BrNO. The molecule has 1 aromatic rings. The number of rotatable bonds is 5. The van der Waals surface area contributed by atoms with Gasteiger partial charge in [0.05, 0.1) is 6.04 Å². The number of alkyl halides is 1. The van der Waals surface area contributed by atoms with Crippen LogP contribution < -0.4 is 5.32 Å². The molecule has 0 radical (unpaired) electrons. The zero-order chi connectivity index (χ0) is 11.1. The van der Waals surface area contributed by atoms with Gasteiger partial charge in [0.1, 0.15) is 0 Å². The van der Waals surface area contributed by atoms with Gasteiger partial charge < -0.3 is 5.32 Å². The van der Waals surface area contributed by atoms with Gasteiger partial charge in [-0.3, -0.25) is 4.79 Å². The molecule has 0 bridgehead atoms. The van der Waals surface area contributed by atoms with Crippen molar-refractivity contribution in [3.05, 3.63) is 35.9 Å². The number of hydrogen-bond donors (Lipinski definition) is 1. The van der Waals surface area contributed by atoms with E-state index in [4.69, 9.17) is 0 Å². The van der Waals surface area contributed by atoms with Crippen molar-refractivity contribution in [2.75, 3.05) is 5.33 Å². The minimum atomic E-state index is 0.0743. The van der Waals surface area contributed by atoms with Crippen molar-refractivity contribution >= 4 is 21.8 Å². The monoisotopic (exact) mass is 269 g/mol. The number of carbonyl (C=O) groups excluding carboxylic acids is 1. The molecule has 1 atom stereocenters. The highest BCUT2D eigenvalue weighted by Crippen LogP contribution is 2.14. The third-order valence-corrected chi connectivity index (χ3v) is 2.82. The third-order valence-electron chi connectivity index (χ3n) is 2.17. The molecular weight excluding hydrogens is 254 g/mol. The Morgan fingerprint density at radius 2 is 2.07 bits per heavy atom. The van der Waals surface area contributed by atoms with Crippen molar-refractivity contribution in [1.82, 2.24) is 5.32 Å². The number of hydrogen-bond acceptors (Lipinski definition) is 1. The van der Waals surface area contributed by atoms with Crippen LogP contribution in [0, 0.1) is 0 Å². The van der Waals surface area contributed by atoms with Gasteiger partial charge in [-0.15, -0.1) is 0 Å². The zero-order valence-electron chi connectivity index (χ0n) is 8.87. The highest BCUT2D eigenvalue weighted by Gasteiger charge is 2.11. The Morgan fingerprint density at radius 1 is 1.40 bits per heavy atom. The Morgan fingerprint density at radius 3 is 2.60 bits per heavy atom. The molecule has 1 amide bonds. The molecule has 0 saturated heterocycles. The Hall–Kier alpha value is -0.830. The van der Waals surface area contributed by atoms with Crippen LogP contribution >= 0.6 is 15.9 Å². The second kappa shape index (κ2) is 6.62. The van der Waals surface area contributed by atoms with Crippen LogP contribution in [0.4, 0.5) is 0 Å². The summed E-state index contributed by atoms with van der Waals surface area (Å²) in [4.78, 5) is 11.5. The van der Waals surface area contributed by atoms with E-state index in [-0.39, 0.29) is 11.9 Å². The van der Waals surface area contributed by atoms with Gasteiger partial charge in [0.15, 0.2) is 0 Å². The van der Waals surface area contributed by atoms with Crippen LogP contribution in [0.25, 0.3) is 0 Å². The van der Waals surface area contributed by atoms with Crippen molar-refractivity contribution in [3.63, 3.8) is 0 Å². The molecule has 1 aromatic carbocycles. The second-order valence-corrected chi connectivity index (χ2v) is 4.08. The maximum Gasteiger partial charge on any atom is 0.220 e. The molecule has 1 N–H and O–H groups in total. The van der Waals surface area contributed by atoms with Gasteiger partial charge in [0, 0.05) is 11.8 Å². The molecule has 2 nitrogen and oxygen atoms in total. The predicted octanol–water partition coefficient (Wildman–Crippen LogP) is 3.04. The summed E-state index contributed by atoms with van der Waals surface area (Å²) in [7, 11) is 0. The lowest BCUT2D eigenvalue weighted by atomic mass is 10.1. The first-order valence-corrected chi connectivity index (χ1v) is 6.30. The lowest BCUT2D eigenvalue weighted by Crippen LogP contribution is -2.29. The topological polar surface area (TPSA) is 29.1 Å². The number of halogens is 1. The second-order valence-electron chi connectivity index (χ2n) is 3.44. The van der Waals surface area contributed by atoms with Crippen molar-refractivity contribution in [3.8, 4) is 0 Å². The molecule has 0 heterocycles. The largest absolute Gasteiger partial charge is 0.348 e. The molecule has 1 unspecified atom stereocenters. The van der Waals surface area contributed by atoms with Crippen LogP contribution in [-0.2, 0) is 4.79 Å². The smallest absolute Gasteiger partial charge is 0.220 e. The maximum atomic E-state index is 11.5. The van der Waals surface area contributed by atoms with E-state index in [1.165, 1.54) is 0 Å².